The van der Waals surface area contributed by atoms with Crippen molar-refractivity contribution in [1.82, 2.24) is 14.9 Å². The number of aryl methyl sites for hydroxylation is 1. The molecule has 0 aliphatic heterocycles. The molecule has 1 atom stereocenters. The van der Waals surface area contributed by atoms with Gasteiger partial charge in [-0.25, -0.2) is 4.98 Å². The minimum absolute atomic E-state index is 0.0883. The van der Waals surface area contributed by atoms with E-state index in [1.807, 2.05) is 78.6 Å². The van der Waals surface area contributed by atoms with E-state index in [4.69, 9.17) is 0 Å². The largest absolute Gasteiger partial charge is 0.378 e. The summed E-state index contributed by atoms with van der Waals surface area (Å²) in [6.45, 7) is 0. The summed E-state index contributed by atoms with van der Waals surface area (Å²) in [5.74, 6) is 0.715. The van der Waals surface area contributed by atoms with Gasteiger partial charge in [-0.15, -0.1) is 11.3 Å². The fourth-order valence-electron chi connectivity index (χ4n) is 2.53. The van der Waals surface area contributed by atoms with Crippen molar-refractivity contribution in [2.24, 2.45) is 7.05 Å². The molecular weight excluding hydrogens is 320 g/mol. The summed E-state index contributed by atoms with van der Waals surface area (Å²) in [6.07, 6.45) is 3.63. The lowest BCUT2D eigenvalue weighted by atomic mass is 10.1. The topological polar surface area (TPSA) is 50.2 Å². The number of amides is 1. The van der Waals surface area contributed by atoms with E-state index >= 15 is 0 Å². The number of carbonyl (C=O) groups excluding carboxylic acids is 1. The van der Waals surface area contributed by atoms with Crippen LogP contribution in [-0.2, 0) is 7.05 Å². The standard InChI is InChI=1S/C18H20N4OS/c1-21(2)14-8-6-13(7-9-14)16(17-19-10-11-22(17)3)20-18(23)15-5-4-12-24-15/h4-12,16H,1-3H3,(H,20,23). The first kappa shape index (κ1) is 16.3. The van der Waals surface area contributed by atoms with Gasteiger partial charge < -0.3 is 14.8 Å². The highest BCUT2D eigenvalue weighted by molar-refractivity contribution is 7.12. The quantitative estimate of drug-likeness (QED) is 0.776. The van der Waals surface area contributed by atoms with Crippen molar-refractivity contribution in [1.29, 1.82) is 0 Å². The predicted molar refractivity (Wildman–Crippen MR) is 97.6 cm³/mol. The second kappa shape index (κ2) is 6.88. The molecule has 0 radical (unpaired) electrons. The number of hydrogen-bond donors (Lipinski definition) is 1. The second-order valence-electron chi connectivity index (χ2n) is 5.77. The summed E-state index contributed by atoms with van der Waals surface area (Å²) < 4.78 is 1.93. The number of imidazole rings is 1. The number of aromatic nitrogens is 2. The lowest BCUT2D eigenvalue weighted by Gasteiger charge is -2.20. The van der Waals surface area contributed by atoms with Gasteiger partial charge in [-0.2, -0.15) is 0 Å². The van der Waals surface area contributed by atoms with Crippen molar-refractivity contribution in [3.63, 3.8) is 0 Å². The van der Waals surface area contributed by atoms with Crippen molar-refractivity contribution in [2.75, 3.05) is 19.0 Å². The first-order valence-electron chi connectivity index (χ1n) is 7.65. The van der Waals surface area contributed by atoms with Gasteiger partial charge >= 0.3 is 0 Å². The Bertz CT molecular complexity index is 806. The van der Waals surface area contributed by atoms with Crippen LogP contribution in [0, 0.1) is 0 Å². The zero-order valence-corrected chi connectivity index (χ0v) is 14.7. The van der Waals surface area contributed by atoms with Crippen LogP contribution in [0.25, 0.3) is 0 Å². The number of nitrogens with one attached hydrogen (secondary N) is 1. The van der Waals surface area contributed by atoms with E-state index in [2.05, 4.69) is 10.3 Å². The molecule has 1 aromatic carbocycles. The van der Waals surface area contributed by atoms with Gasteiger partial charge in [-0.1, -0.05) is 18.2 Å². The van der Waals surface area contributed by atoms with Gasteiger partial charge in [0.1, 0.15) is 11.9 Å². The van der Waals surface area contributed by atoms with Crippen LogP contribution in [0.4, 0.5) is 5.69 Å². The van der Waals surface area contributed by atoms with Gasteiger partial charge in [0.25, 0.3) is 5.91 Å². The van der Waals surface area contributed by atoms with Gasteiger partial charge in [0.2, 0.25) is 0 Å². The highest BCUT2D eigenvalue weighted by atomic mass is 32.1. The first-order valence-corrected chi connectivity index (χ1v) is 8.53. The van der Waals surface area contributed by atoms with E-state index < -0.39 is 0 Å². The van der Waals surface area contributed by atoms with Crippen molar-refractivity contribution in [3.05, 3.63) is 70.4 Å². The van der Waals surface area contributed by atoms with Gasteiger partial charge in [0, 0.05) is 39.2 Å². The van der Waals surface area contributed by atoms with Crippen LogP contribution < -0.4 is 10.2 Å². The summed E-state index contributed by atoms with van der Waals surface area (Å²) in [6, 6.07) is 11.6. The fourth-order valence-corrected chi connectivity index (χ4v) is 3.15. The Labute approximate surface area is 145 Å². The third kappa shape index (κ3) is 3.33. The summed E-state index contributed by atoms with van der Waals surface area (Å²) in [4.78, 5) is 19.7. The Hall–Kier alpha value is -2.60. The third-order valence-corrected chi connectivity index (χ3v) is 4.75. The van der Waals surface area contributed by atoms with Crippen molar-refractivity contribution in [3.8, 4) is 0 Å². The van der Waals surface area contributed by atoms with Crippen LogP contribution in [0.1, 0.15) is 27.1 Å². The monoisotopic (exact) mass is 340 g/mol. The molecule has 2 aromatic heterocycles. The average molecular weight is 340 g/mol. The summed E-state index contributed by atoms with van der Waals surface area (Å²) in [5.41, 5.74) is 2.11. The molecule has 124 valence electrons. The molecule has 1 N–H and O–H groups in total. The summed E-state index contributed by atoms with van der Waals surface area (Å²) >= 11 is 1.43. The third-order valence-electron chi connectivity index (χ3n) is 3.88. The molecule has 3 aromatic rings. The zero-order chi connectivity index (χ0) is 17.1. The Morgan fingerprint density at radius 2 is 2.00 bits per heavy atom. The van der Waals surface area contributed by atoms with Crippen LogP contribution in [0.5, 0.6) is 0 Å². The van der Waals surface area contributed by atoms with E-state index in [9.17, 15) is 4.79 Å². The molecule has 24 heavy (non-hydrogen) atoms. The normalized spacial score (nSPS) is 12.0. The number of anilines is 1. The summed E-state index contributed by atoms with van der Waals surface area (Å²) in [7, 11) is 5.94. The van der Waals surface area contributed by atoms with E-state index in [1.54, 1.807) is 6.20 Å². The zero-order valence-electron chi connectivity index (χ0n) is 13.9. The van der Waals surface area contributed by atoms with Crippen LogP contribution >= 0.6 is 11.3 Å². The molecule has 0 fully saturated rings. The molecule has 0 saturated heterocycles. The Balaban J connectivity index is 1.93. The van der Waals surface area contributed by atoms with Crippen LogP contribution in [-0.4, -0.2) is 29.6 Å². The van der Waals surface area contributed by atoms with Crippen molar-refractivity contribution >= 4 is 22.9 Å². The molecule has 0 spiro atoms. The van der Waals surface area contributed by atoms with Gasteiger partial charge in [0.05, 0.1) is 4.88 Å². The maximum atomic E-state index is 12.5. The molecule has 5 nitrogen and oxygen atoms in total. The second-order valence-corrected chi connectivity index (χ2v) is 6.71. The van der Waals surface area contributed by atoms with E-state index in [-0.39, 0.29) is 11.9 Å². The predicted octanol–water partition coefficient (Wildman–Crippen LogP) is 3.07. The minimum atomic E-state index is -0.296. The maximum absolute atomic E-state index is 12.5. The fraction of sp³-hybridized carbons (Fsp3) is 0.222. The SMILES string of the molecule is CN(C)c1ccc(C(NC(=O)c2cccs2)c2nccn2C)cc1. The molecule has 0 bridgehead atoms. The Morgan fingerprint density at radius 1 is 1.25 bits per heavy atom. The van der Waals surface area contributed by atoms with Crippen molar-refractivity contribution in [2.45, 2.75) is 6.04 Å². The highest BCUT2D eigenvalue weighted by Gasteiger charge is 2.21. The number of thiophene rings is 1. The Morgan fingerprint density at radius 3 is 2.54 bits per heavy atom. The maximum Gasteiger partial charge on any atom is 0.262 e. The van der Waals surface area contributed by atoms with Crippen LogP contribution in [0.2, 0.25) is 0 Å². The van der Waals surface area contributed by atoms with Gasteiger partial charge in [0.15, 0.2) is 0 Å². The molecular formula is C18H20N4OS. The number of nitrogens with zero attached hydrogens (tertiary/aromatic N) is 3. The van der Waals surface area contributed by atoms with E-state index in [0.29, 0.717) is 4.88 Å². The van der Waals surface area contributed by atoms with E-state index in [1.165, 1.54) is 11.3 Å². The summed E-state index contributed by atoms with van der Waals surface area (Å²) in [5, 5.41) is 5.00. The van der Waals surface area contributed by atoms with Gasteiger partial charge in [-0.05, 0) is 29.1 Å². The highest BCUT2D eigenvalue weighted by Crippen LogP contribution is 2.24. The Kier molecular flexibility index (Phi) is 4.66. The molecule has 6 heteroatoms. The van der Waals surface area contributed by atoms with E-state index in [0.717, 1.165) is 17.1 Å². The van der Waals surface area contributed by atoms with Crippen LogP contribution in [0.3, 0.4) is 0 Å². The van der Waals surface area contributed by atoms with Crippen molar-refractivity contribution < 1.29 is 4.79 Å². The first-order chi connectivity index (χ1) is 11.6. The number of carbonyl (C=O) groups is 1. The lowest BCUT2D eigenvalue weighted by molar-refractivity contribution is 0.0945. The molecule has 1 amide bonds. The smallest absolute Gasteiger partial charge is 0.262 e. The molecule has 0 saturated carbocycles. The molecule has 2 heterocycles. The number of hydrogen-bond acceptors (Lipinski definition) is 4. The minimum Gasteiger partial charge on any atom is -0.378 e. The molecule has 0 aliphatic carbocycles. The number of rotatable bonds is 5. The number of benzene rings is 1. The molecule has 1 unspecified atom stereocenters. The molecule has 3 rings (SSSR count). The average Bonchev–Trinajstić information content (AvgIpc) is 3.24. The molecule has 0 aliphatic rings. The van der Waals surface area contributed by atoms with Gasteiger partial charge in [-0.3, -0.25) is 4.79 Å². The van der Waals surface area contributed by atoms with Crippen LogP contribution in [0.15, 0.2) is 54.2 Å². The lowest BCUT2D eigenvalue weighted by Crippen LogP contribution is -2.30.